The monoisotopic (exact) mass is 345 g/mol. The maximum absolute atomic E-state index is 11.7. The van der Waals surface area contributed by atoms with Crippen LogP contribution >= 0.6 is 15.9 Å². The van der Waals surface area contributed by atoms with Crippen molar-refractivity contribution in [1.82, 2.24) is 0 Å². The number of likely N-dealkylation sites (N-methyl/N-ethyl adjacent to an activating group) is 1. The Hall–Kier alpha value is -1.65. The molecule has 0 saturated carbocycles. The lowest BCUT2D eigenvalue weighted by molar-refractivity contribution is -0.117. The smallest absolute Gasteiger partial charge is 0.231 e. The van der Waals surface area contributed by atoms with Gasteiger partial charge in [0.1, 0.15) is 6.10 Å². The SMILES string of the molecule is Cc1ccc(Br)c(C(O)c2ccc3c(c2)CC(=O)N3C)c1. The Labute approximate surface area is 132 Å². The topological polar surface area (TPSA) is 40.5 Å². The normalized spacial score (nSPS) is 15.2. The molecule has 0 spiro atoms. The standard InChI is InChI=1S/C17H16BrNO2/c1-10-3-5-14(18)13(7-10)17(21)11-4-6-15-12(8-11)9-16(20)19(15)2/h3-8,17,21H,9H2,1-2H3. The summed E-state index contributed by atoms with van der Waals surface area (Å²) in [6, 6.07) is 11.6. The Bertz CT molecular complexity index is 727. The second-order valence-corrected chi connectivity index (χ2v) is 6.30. The minimum absolute atomic E-state index is 0.0911. The summed E-state index contributed by atoms with van der Waals surface area (Å²) in [4.78, 5) is 13.4. The summed E-state index contributed by atoms with van der Waals surface area (Å²) in [5.74, 6) is 0.0911. The van der Waals surface area contributed by atoms with E-state index < -0.39 is 6.10 Å². The number of hydrogen-bond acceptors (Lipinski definition) is 2. The molecule has 0 fully saturated rings. The highest BCUT2D eigenvalue weighted by Gasteiger charge is 2.25. The van der Waals surface area contributed by atoms with Crippen molar-refractivity contribution in [2.24, 2.45) is 0 Å². The number of aryl methyl sites for hydroxylation is 1. The van der Waals surface area contributed by atoms with Crippen LogP contribution < -0.4 is 4.90 Å². The number of hydrogen-bond donors (Lipinski definition) is 1. The molecule has 108 valence electrons. The molecule has 1 unspecified atom stereocenters. The van der Waals surface area contributed by atoms with Gasteiger partial charge in [0.05, 0.1) is 6.42 Å². The summed E-state index contributed by atoms with van der Waals surface area (Å²) in [5.41, 5.74) is 4.65. The van der Waals surface area contributed by atoms with E-state index in [1.807, 2.05) is 43.3 Å². The Kier molecular flexibility index (Phi) is 3.59. The molecule has 0 radical (unpaired) electrons. The van der Waals surface area contributed by atoms with Crippen molar-refractivity contribution in [3.05, 3.63) is 63.1 Å². The highest BCUT2D eigenvalue weighted by molar-refractivity contribution is 9.10. The molecule has 4 heteroatoms. The van der Waals surface area contributed by atoms with Gasteiger partial charge in [0.25, 0.3) is 0 Å². The predicted molar refractivity (Wildman–Crippen MR) is 86.5 cm³/mol. The third kappa shape index (κ3) is 2.49. The zero-order valence-corrected chi connectivity index (χ0v) is 13.5. The summed E-state index contributed by atoms with van der Waals surface area (Å²) in [6.07, 6.45) is -0.299. The lowest BCUT2D eigenvalue weighted by atomic mass is 9.97. The minimum Gasteiger partial charge on any atom is -0.384 e. The van der Waals surface area contributed by atoms with E-state index in [9.17, 15) is 9.90 Å². The first kappa shape index (κ1) is 14.3. The first-order valence-corrected chi connectivity index (χ1v) is 7.60. The molecular weight excluding hydrogens is 330 g/mol. The third-order valence-corrected chi connectivity index (χ3v) is 4.66. The van der Waals surface area contributed by atoms with Crippen LogP contribution in [0.2, 0.25) is 0 Å². The fourth-order valence-corrected chi connectivity index (χ4v) is 3.18. The summed E-state index contributed by atoms with van der Waals surface area (Å²) in [6.45, 7) is 2.00. The second-order valence-electron chi connectivity index (χ2n) is 5.45. The predicted octanol–water partition coefficient (Wildman–Crippen LogP) is 3.36. The zero-order chi connectivity index (χ0) is 15.1. The molecule has 3 nitrogen and oxygen atoms in total. The largest absolute Gasteiger partial charge is 0.384 e. The van der Waals surface area contributed by atoms with Gasteiger partial charge in [-0.15, -0.1) is 0 Å². The molecule has 1 atom stereocenters. The second kappa shape index (κ2) is 5.28. The molecule has 0 aliphatic carbocycles. The van der Waals surface area contributed by atoms with Gasteiger partial charge in [-0.1, -0.05) is 45.8 Å². The van der Waals surface area contributed by atoms with E-state index in [-0.39, 0.29) is 5.91 Å². The Balaban J connectivity index is 2.00. The van der Waals surface area contributed by atoms with Gasteiger partial charge in [-0.3, -0.25) is 4.79 Å². The van der Waals surface area contributed by atoms with Gasteiger partial charge in [0.15, 0.2) is 0 Å². The maximum atomic E-state index is 11.7. The first-order valence-electron chi connectivity index (χ1n) is 6.81. The number of carbonyl (C=O) groups is 1. The molecule has 2 aromatic carbocycles. The van der Waals surface area contributed by atoms with Crippen LogP contribution in [0.25, 0.3) is 0 Å². The van der Waals surface area contributed by atoms with E-state index in [0.717, 1.165) is 32.4 Å². The number of anilines is 1. The van der Waals surface area contributed by atoms with Crippen molar-refractivity contribution in [2.45, 2.75) is 19.4 Å². The quantitative estimate of drug-likeness (QED) is 0.906. The fraction of sp³-hybridized carbons (Fsp3) is 0.235. The van der Waals surface area contributed by atoms with Crippen molar-refractivity contribution < 1.29 is 9.90 Å². The molecule has 1 heterocycles. The van der Waals surface area contributed by atoms with E-state index >= 15 is 0 Å². The van der Waals surface area contributed by atoms with E-state index in [0.29, 0.717) is 6.42 Å². The molecule has 0 saturated heterocycles. The van der Waals surface area contributed by atoms with Gasteiger partial charge < -0.3 is 10.0 Å². The van der Waals surface area contributed by atoms with Crippen LogP contribution in [0.1, 0.15) is 28.4 Å². The van der Waals surface area contributed by atoms with Crippen LogP contribution in [-0.2, 0) is 11.2 Å². The Morgan fingerprint density at radius 1 is 1.24 bits per heavy atom. The number of amides is 1. The summed E-state index contributed by atoms with van der Waals surface area (Å²) in [7, 11) is 1.78. The van der Waals surface area contributed by atoms with Gasteiger partial charge >= 0.3 is 0 Å². The molecule has 1 amide bonds. The zero-order valence-electron chi connectivity index (χ0n) is 11.9. The molecule has 3 rings (SSSR count). The third-order valence-electron chi connectivity index (χ3n) is 3.94. The van der Waals surface area contributed by atoms with Crippen LogP contribution in [0.4, 0.5) is 5.69 Å². The minimum atomic E-state index is -0.703. The van der Waals surface area contributed by atoms with Crippen molar-refractivity contribution in [1.29, 1.82) is 0 Å². The highest BCUT2D eigenvalue weighted by atomic mass is 79.9. The fourth-order valence-electron chi connectivity index (χ4n) is 2.71. The molecule has 1 aliphatic heterocycles. The lowest BCUT2D eigenvalue weighted by Crippen LogP contribution is -2.20. The number of rotatable bonds is 2. The Morgan fingerprint density at radius 2 is 2.00 bits per heavy atom. The summed E-state index contributed by atoms with van der Waals surface area (Å²) < 4.78 is 0.884. The van der Waals surface area contributed by atoms with Crippen molar-refractivity contribution in [3.63, 3.8) is 0 Å². The average Bonchev–Trinajstić information content (AvgIpc) is 2.75. The molecule has 1 N–H and O–H groups in total. The van der Waals surface area contributed by atoms with Gasteiger partial charge in [-0.25, -0.2) is 0 Å². The van der Waals surface area contributed by atoms with Gasteiger partial charge in [-0.05, 0) is 35.7 Å². The number of fused-ring (bicyclic) bond motifs is 1. The number of nitrogens with zero attached hydrogens (tertiary/aromatic N) is 1. The van der Waals surface area contributed by atoms with Crippen molar-refractivity contribution in [3.8, 4) is 0 Å². The van der Waals surface area contributed by atoms with E-state index in [1.54, 1.807) is 11.9 Å². The highest BCUT2D eigenvalue weighted by Crippen LogP contribution is 2.34. The van der Waals surface area contributed by atoms with Crippen molar-refractivity contribution in [2.75, 3.05) is 11.9 Å². The molecule has 21 heavy (non-hydrogen) atoms. The number of carbonyl (C=O) groups excluding carboxylic acids is 1. The molecule has 0 aromatic heterocycles. The van der Waals surface area contributed by atoms with Crippen LogP contribution in [-0.4, -0.2) is 18.1 Å². The maximum Gasteiger partial charge on any atom is 0.231 e. The van der Waals surface area contributed by atoms with Gasteiger partial charge in [0.2, 0.25) is 5.91 Å². The van der Waals surface area contributed by atoms with Crippen molar-refractivity contribution >= 4 is 27.5 Å². The molecule has 0 bridgehead atoms. The summed E-state index contributed by atoms with van der Waals surface area (Å²) >= 11 is 3.49. The lowest BCUT2D eigenvalue weighted by Gasteiger charge is -2.16. The number of aliphatic hydroxyl groups is 1. The average molecular weight is 346 g/mol. The van der Waals surface area contributed by atoms with Crippen LogP contribution in [0, 0.1) is 6.92 Å². The number of benzene rings is 2. The van der Waals surface area contributed by atoms with Crippen LogP contribution in [0.3, 0.4) is 0 Å². The molecular formula is C17H16BrNO2. The van der Waals surface area contributed by atoms with E-state index in [2.05, 4.69) is 15.9 Å². The molecule has 1 aliphatic rings. The van der Waals surface area contributed by atoms with E-state index in [4.69, 9.17) is 0 Å². The van der Waals surface area contributed by atoms with Crippen LogP contribution in [0.5, 0.6) is 0 Å². The van der Waals surface area contributed by atoms with Crippen LogP contribution in [0.15, 0.2) is 40.9 Å². The first-order chi connectivity index (χ1) is 9.97. The molecule has 2 aromatic rings. The summed E-state index contributed by atoms with van der Waals surface area (Å²) in [5, 5.41) is 10.6. The number of aliphatic hydroxyl groups excluding tert-OH is 1. The van der Waals surface area contributed by atoms with Gasteiger partial charge in [0, 0.05) is 17.2 Å². The van der Waals surface area contributed by atoms with E-state index in [1.165, 1.54) is 0 Å². The Morgan fingerprint density at radius 3 is 2.76 bits per heavy atom. The number of halogens is 1. The van der Waals surface area contributed by atoms with Gasteiger partial charge in [-0.2, -0.15) is 0 Å².